The van der Waals surface area contributed by atoms with Crippen molar-refractivity contribution < 1.29 is 32.7 Å². The number of carboxylic acids is 1. The Morgan fingerprint density at radius 2 is 1.68 bits per heavy atom. The van der Waals surface area contributed by atoms with Gasteiger partial charge in [-0.15, -0.1) is 11.3 Å². The lowest BCUT2D eigenvalue weighted by atomic mass is 9.87. The number of primary amides is 1. The van der Waals surface area contributed by atoms with Gasteiger partial charge in [-0.05, 0) is 34.4 Å². The second kappa shape index (κ2) is 12.9. The first-order chi connectivity index (χ1) is 17.2. The van der Waals surface area contributed by atoms with E-state index >= 15 is 0 Å². The smallest absolute Gasteiger partial charge is 0.475 e. The van der Waals surface area contributed by atoms with Gasteiger partial charge in [-0.25, -0.2) is 4.79 Å². The van der Waals surface area contributed by atoms with Crippen LogP contribution in [0.4, 0.5) is 13.2 Å². The first kappa shape index (κ1) is 30.0. The zero-order valence-electron chi connectivity index (χ0n) is 20.9. The van der Waals surface area contributed by atoms with Gasteiger partial charge in [-0.3, -0.25) is 14.9 Å². The first-order valence-electron chi connectivity index (χ1n) is 11.6. The second-order valence-corrected chi connectivity index (χ2v) is 10.9. The lowest BCUT2D eigenvalue weighted by Crippen LogP contribution is -2.48. The summed E-state index contributed by atoms with van der Waals surface area (Å²) in [5, 5.41) is 12.5. The number of thiophene rings is 1. The van der Waals surface area contributed by atoms with Crippen molar-refractivity contribution in [1.82, 2.24) is 10.2 Å². The summed E-state index contributed by atoms with van der Waals surface area (Å²) in [7, 11) is 0. The molecule has 4 N–H and O–H groups in total. The van der Waals surface area contributed by atoms with Crippen molar-refractivity contribution >= 4 is 29.1 Å². The number of rotatable bonds is 8. The van der Waals surface area contributed by atoms with Crippen LogP contribution in [0.5, 0.6) is 0 Å². The molecule has 2 heterocycles. The number of amides is 2. The number of alkyl halides is 3. The number of carboxylic acid groups (broad SMARTS) is 1. The van der Waals surface area contributed by atoms with Crippen LogP contribution in [0.2, 0.25) is 0 Å². The molecule has 0 saturated heterocycles. The number of hydrogen-bond acceptors (Lipinski definition) is 5. The molecule has 7 nitrogen and oxygen atoms in total. The fourth-order valence-electron chi connectivity index (χ4n) is 3.77. The van der Waals surface area contributed by atoms with Crippen molar-refractivity contribution in [1.29, 1.82) is 0 Å². The predicted octanol–water partition coefficient (Wildman–Crippen LogP) is 4.27. The Balaban J connectivity index is 0.000000604. The van der Waals surface area contributed by atoms with Gasteiger partial charge < -0.3 is 15.7 Å². The molecule has 0 radical (unpaired) electrons. The summed E-state index contributed by atoms with van der Waals surface area (Å²) in [5.41, 5.74) is 8.11. The standard InChI is InChI=1S/C24H31N3O2S.C2HF3O2/c1-24(2,3)14-19(26-21(23(25)29)13-20-9-6-12-30-20)10-11-22(28)27-15-17-7-4-5-8-18(17)16-27;3-2(4,5)1(6)7/h4-12,19,21,26H,13-16H2,1-3H3,(H2,25,29);(H,6,7)/b11-10+;/t19-,21+;/m1./s1. The Morgan fingerprint density at radius 1 is 1.11 bits per heavy atom. The molecule has 0 unspecified atom stereocenters. The van der Waals surface area contributed by atoms with E-state index in [0.29, 0.717) is 19.5 Å². The molecule has 37 heavy (non-hydrogen) atoms. The number of nitrogens with one attached hydrogen (secondary N) is 1. The number of fused-ring (bicyclic) bond motifs is 1. The Morgan fingerprint density at radius 3 is 2.11 bits per heavy atom. The van der Waals surface area contributed by atoms with Crippen LogP contribution in [-0.4, -0.2) is 46.1 Å². The van der Waals surface area contributed by atoms with Crippen molar-refractivity contribution in [2.24, 2.45) is 11.1 Å². The summed E-state index contributed by atoms with van der Waals surface area (Å²) in [6, 6.07) is 11.5. The maximum absolute atomic E-state index is 12.8. The highest BCUT2D eigenvalue weighted by Crippen LogP contribution is 2.24. The highest BCUT2D eigenvalue weighted by molar-refractivity contribution is 7.09. The summed E-state index contributed by atoms with van der Waals surface area (Å²) < 4.78 is 31.7. The molecule has 2 amide bonds. The van der Waals surface area contributed by atoms with Gasteiger partial charge in [0.05, 0.1) is 6.04 Å². The van der Waals surface area contributed by atoms with Crippen LogP contribution in [0.1, 0.15) is 43.2 Å². The number of nitrogens with two attached hydrogens (primary N) is 1. The third-order valence-electron chi connectivity index (χ3n) is 5.44. The van der Waals surface area contributed by atoms with E-state index in [1.165, 1.54) is 11.1 Å². The molecular formula is C26H32F3N3O4S. The number of hydrogen-bond donors (Lipinski definition) is 3. The molecule has 0 spiro atoms. The van der Waals surface area contributed by atoms with Crippen molar-refractivity contribution in [3.8, 4) is 0 Å². The minimum absolute atomic E-state index is 0.0132. The largest absolute Gasteiger partial charge is 0.490 e. The van der Waals surface area contributed by atoms with Crippen molar-refractivity contribution in [3.63, 3.8) is 0 Å². The summed E-state index contributed by atoms with van der Waals surface area (Å²) in [6.07, 6.45) is -0.221. The molecule has 3 rings (SSSR count). The quantitative estimate of drug-likeness (QED) is 0.434. The molecule has 0 bridgehead atoms. The van der Waals surface area contributed by atoms with Gasteiger partial charge in [-0.1, -0.05) is 57.2 Å². The summed E-state index contributed by atoms with van der Waals surface area (Å²) in [6.45, 7) is 7.71. The van der Waals surface area contributed by atoms with E-state index in [0.717, 1.165) is 11.3 Å². The Labute approximate surface area is 218 Å². The molecule has 202 valence electrons. The van der Waals surface area contributed by atoms with Gasteiger partial charge in [-0.2, -0.15) is 13.2 Å². The number of nitrogens with zero attached hydrogens (tertiary/aromatic N) is 1. The molecule has 1 aliphatic rings. The van der Waals surface area contributed by atoms with Gasteiger partial charge in [0.2, 0.25) is 11.8 Å². The van der Waals surface area contributed by atoms with Gasteiger partial charge in [0.1, 0.15) is 0 Å². The van der Waals surface area contributed by atoms with E-state index in [9.17, 15) is 22.8 Å². The average Bonchev–Trinajstić information content (AvgIpc) is 3.45. The molecule has 0 fully saturated rings. The lowest BCUT2D eigenvalue weighted by Gasteiger charge is -2.28. The Bertz CT molecular complexity index is 1070. The number of carbonyl (C=O) groups excluding carboxylic acids is 2. The van der Waals surface area contributed by atoms with E-state index in [2.05, 4.69) is 38.2 Å². The van der Waals surface area contributed by atoms with Crippen LogP contribution < -0.4 is 11.1 Å². The second-order valence-electron chi connectivity index (χ2n) is 9.90. The molecule has 2 aromatic rings. The molecule has 0 aliphatic carbocycles. The summed E-state index contributed by atoms with van der Waals surface area (Å²) in [5.74, 6) is -3.15. The van der Waals surface area contributed by atoms with E-state index in [1.807, 2.05) is 40.6 Å². The molecule has 11 heteroatoms. The van der Waals surface area contributed by atoms with Crippen LogP contribution in [0.3, 0.4) is 0 Å². The minimum Gasteiger partial charge on any atom is -0.475 e. The van der Waals surface area contributed by atoms with Crippen LogP contribution >= 0.6 is 11.3 Å². The molecule has 2 atom stereocenters. The van der Waals surface area contributed by atoms with Crippen LogP contribution in [0.25, 0.3) is 0 Å². The monoisotopic (exact) mass is 539 g/mol. The fourth-order valence-corrected chi connectivity index (χ4v) is 4.52. The maximum Gasteiger partial charge on any atom is 0.490 e. The molecule has 1 aromatic carbocycles. The van der Waals surface area contributed by atoms with Crippen LogP contribution in [-0.2, 0) is 33.9 Å². The molecule has 1 aromatic heterocycles. The SMILES string of the molecule is CC(C)(C)C[C@@H](/C=C/C(=O)N1Cc2ccccc2C1)N[C@@H](Cc1cccs1)C(N)=O.O=C(O)C(F)(F)F. The minimum atomic E-state index is -5.08. The Hall–Kier alpha value is -3.18. The van der Waals surface area contributed by atoms with E-state index in [1.54, 1.807) is 17.4 Å². The topological polar surface area (TPSA) is 113 Å². The van der Waals surface area contributed by atoms with Gasteiger partial charge in [0, 0.05) is 36.5 Å². The normalized spacial score (nSPS) is 15.0. The van der Waals surface area contributed by atoms with E-state index in [-0.39, 0.29) is 23.3 Å². The van der Waals surface area contributed by atoms with E-state index < -0.39 is 18.2 Å². The van der Waals surface area contributed by atoms with Gasteiger partial charge in [0.25, 0.3) is 0 Å². The predicted molar refractivity (Wildman–Crippen MR) is 136 cm³/mol. The highest BCUT2D eigenvalue weighted by Gasteiger charge is 2.38. The average molecular weight is 540 g/mol. The maximum atomic E-state index is 12.8. The third-order valence-corrected chi connectivity index (χ3v) is 6.34. The molecule has 1 aliphatic heterocycles. The number of benzene rings is 1. The number of aliphatic carboxylic acids is 1. The lowest BCUT2D eigenvalue weighted by molar-refractivity contribution is -0.192. The van der Waals surface area contributed by atoms with Gasteiger partial charge >= 0.3 is 12.1 Å². The van der Waals surface area contributed by atoms with Crippen molar-refractivity contribution in [2.45, 2.75) is 65.0 Å². The molecule has 0 saturated carbocycles. The van der Waals surface area contributed by atoms with Crippen LogP contribution in [0.15, 0.2) is 53.9 Å². The highest BCUT2D eigenvalue weighted by atomic mass is 32.1. The molecular weight excluding hydrogens is 507 g/mol. The first-order valence-corrected chi connectivity index (χ1v) is 12.5. The van der Waals surface area contributed by atoms with Gasteiger partial charge in [0.15, 0.2) is 0 Å². The number of carbonyl (C=O) groups is 3. The summed E-state index contributed by atoms with van der Waals surface area (Å²) in [4.78, 5) is 36.7. The van der Waals surface area contributed by atoms with Crippen molar-refractivity contribution in [3.05, 3.63) is 69.9 Å². The Kier molecular flexibility index (Phi) is 10.4. The zero-order chi connectivity index (χ0) is 27.8. The number of halogens is 3. The fraction of sp³-hybridized carbons (Fsp3) is 0.423. The van der Waals surface area contributed by atoms with Crippen molar-refractivity contribution in [2.75, 3.05) is 0 Å². The third kappa shape index (κ3) is 10.4. The van der Waals surface area contributed by atoms with Crippen LogP contribution in [0, 0.1) is 5.41 Å². The summed E-state index contributed by atoms with van der Waals surface area (Å²) >= 11 is 1.61. The zero-order valence-corrected chi connectivity index (χ0v) is 21.7. The van der Waals surface area contributed by atoms with E-state index in [4.69, 9.17) is 15.6 Å².